The summed E-state index contributed by atoms with van der Waals surface area (Å²) in [5, 5.41) is 6.73. The van der Waals surface area contributed by atoms with E-state index in [1.54, 1.807) is 13.2 Å². The number of nitrogens with zero attached hydrogens (tertiary/aromatic N) is 4. The zero-order valence-electron chi connectivity index (χ0n) is 35.4. The molecule has 0 saturated carbocycles. The summed E-state index contributed by atoms with van der Waals surface area (Å²) < 4.78 is 28.3. The topological polar surface area (TPSA) is 143 Å². The molecule has 1 aromatic heterocycles. The Kier molecular flexibility index (Phi) is 14.5. The maximum atomic E-state index is 15.4. The van der Waals surface area contributed by atoms with Crippen LogP contribution in [0.25, 0.3) is 10.9 Å². The average Bonchev–Trinajstić information content (AvgIpc) is 3.55. The normalized spacial score (nSPS) is 17.4. The van der Waals surface area contributed by atoms with Crippen LogP contribution in [0.5, 0.6) is 11.5 Å². The lowest BCUT2D eigenvalue weighted by Gasteiger charge is -2.32. The maximum absolute atomic E-state index is 15.4. The number of aromatic nitrogens is 2. The fraction of sp³-hybridized carbons (Fsp3) is 0.489. The molecule has 0 bridgehead atoms. The summed E-state index contributed by atoms with van der Waals surface area (Å²) in [6.07, 6.45) is 10.7. The van der Waals surface area contributed by atoms with Crippen molar-refractivity contribution in [1.82, 2.24) is 25.1 Å². The second kappa shape index (κ2) is 20.2. The van der Waals surface area contributed by atoms with Gasteiger partial charge in [0, 0.05) is 54.0 Å². The molecule has 2 atom stereocenters. The first-order valence-corrected chi connectivity index (χ1v) is 22.5. The van der Waals surface area contributed by atoms with E-state index < -0.39 is 17.8 Å². The number of piperidine rings is 2. The number of unbranched alkanes of at least 4 members (excludes halogenated alkanes) is 7. The molecule has 12 nitrogen and oxygen atoms in total. The van der Waals surface area contributed by atoms with Gasteiger partial charge in [-0.15, -0.1) is 0 Å². The van der Waals surface area contributed by atoms with Crippen molar-refractivity contribution in [3.05, 3.63) is 86.9 Å². The van der Waals surface area contributed by atoms with Gasteiger partial charge in [-0.25, -0.2) is 14.4 Å². The Morgan fingerprint density at radius 2 is 1.69 bits per heavy atom. The summed E-state index contributed by atoms with van der Waals surface area (Å²) >= 11 is 3.56. The number of carbonyl (C=O) groups excluding carboxylic acids is 4. The Morgan fingerprint density at radius 1 is 0.951 bits per heavy atom. The molecule has 3 aliphatic heterocycles. The number of aryl methyl sites for hydroxylation is 1. The SMILES string of the molecule is COc1cc2c(N[C@H](C)c3cccc(Br)c3)nc(C)nc2cc1OCCCCCCCCCCC(=O)N1CCC(c2cc3c(cc2F)C(=O)N(C2CCC(=O)NC2=O)C3)CC1. The van der Waals surface area contributed by atoms with Crippen molar-refractivity contribution in [2.24, 2.45) is 0 Å². The van der Waals surface area contributed by atoms with Gasteiger partial charge in [0.15, 0.2) is 11.5 Å². The molecule has 4 heterocycles. The number of amides is 4. The first-order valence-electron chi connectivity index (χ1n) is 21.7. The highest BCUT2D eigenvalue weighted by Gasteiger charge is 2.40. The molecule has 2 fully saturated rings. The third kappa shape index (κ3) is 10.7. The van der Waals surface area contributed by atoms with Crippen LogP contribution in [0.3, 0.4) is 0 Å². The first-order chi connectivity index (χ1) is 29.5. The van der Waals surface area contributed by atoms with Gasteiger partial charge in [0.25, 0.3) is 5.91 Å². The number of likely N-dealkylation sites (tertiary alicyclic amines) is 1. The molecule has 3 aromatic carbocycles. The Hall–Kier alpha value is -5.11. The zero-order valence-corrected chi connectivity index (χ0v) is 37.0. The van der Waals surface area contributed by atoms with Crippen LogP contribution in [-0.4, -0.2) is 76.2 Å². The number of imide groups is 1. The number of halogens is 2. The van der Waals surface area contributed by atoms with Gasteiger partial charge in [-0.2, -0.15) is 0 Å². The lowest BCUT2D eigenvalue weighted by atomic mass is 9.87. The van der Waals surface area contributed by atoms with Crippen LogP contribution >= 0.6 is 15.9 Å². The van der Waals surface area contributed by atoms with E-state index in [1.807, 2.05) is 36.1 Å². The Bertz CT molecular complexity index is 2260. The lowest BCUT2D eigenvalue weighted by Crippen LogP contribution is -2.52. The van der Waals surface area contributed by atoms with Crippen LogP contribution in [0, 0.1) is 12.7 Å². The minimum atomic E-state index is -0.734. The number of nitrogens with one attached hydrogen (secondary N) is 2. The maximum Gasteiger partial charge on any atom is 0.255 e. The molecule has 4 aromatic rings. The fourth-order valence-electron chi connectivity index (χ4n) is 8.84. The van der Waals surface area contributed by atoms with Gasteiger partial charge in [-0.3, -0.25) is 24.5 Å². The van der Waals surface area contributed by atoms with Crippen LogP contribution < -0.4 is 20.1 Å². The fourth-order valence-corrected chi connectivity index (χ4v) is 9.26. The molecule has 1 unspecified atom stereocenters. The number of benzene rings is 3. The van der Waals surface area contributed by atoms with E-state index in [0.29, 0.717) is 67.4 Å². The standard InChI is InChI=1S/C47H56BrFN6O6/c1-29(32-13-12-14-34(48)23-32)50-45-37-26-41(60-3)42(27-39(37)51-30(2)52-45)61-22-11-9-7-5-4-6-8-10-15-44(57)54-20-18-31(19-21-54)35-24-33-28-55(47(59)36(33)25-38(35)49)40-16-17-43(56)53-46(40)58/h12-14,23-27,29,31,40H,4-11,15-22,28H2,1-3H3,(H,50,51,52)(H,53,56,58)/t29-,40?/m1/s1. The van der Waals surface area contributed by atoms with Crippen LogP contribution in [-0.2, 0) is 20.9 Å². The smallest absolute Gasteiger partial charge is 0.255 e. The van der Waals surface area contributed by atoms with Crippen molar-refractivity contribution >= 4 is 56.3 Å². The number of anilines is 1. The first kappa shape index (κ1) is 44.0. The van der Waals surface area contributed by atoms with E-state index in [1.165, 1.54) is 11.0 Å². The predicted octanol–water partition coefficient (Wildman–Crippen LogP) is 9.08. The lowest BCUT2D eigenvalue weighted by molar-refractivity contribution is -0.137. The van der Waals surface area contributed by atoms with Crippen molar-refractivity contribution in [3.63, 3.8) is 0 Å². The van der Waals surface area contributed by atoms with E-state index in [2.05, 4.69) is 45.6 Å². The highest BCUT2D eigenvalue weighted by atomic mass is 79.9. The van der Waals surface area contributed by atoms with Crippen molar-refractivity contribution in [2.45, 2.75) is 122 Å². The number of rotatable bonds is 18. The van der Waals surface area contributed by atoms with Crippen LogP contribution in [0.2, 0.25) is 0 Å². The summed E-state index contributed by atoms with van der Waals surface area (Å²) in [5.74, 6) is 1.23. The van der Waals surface area contributed by atoms with Gasteiger partial charge in [-0.05, 0) is 92.8 Å². The molecule has 324 valence electrons. The average molecular weight is 900 g/mol. The summed E-state index contributed by atoms with van der Waals surface area (Å²) in [6, 6.07) is 14.5. The molecule has 2 N–H and O–H groups in total. The number of ether oxygens (including phenoxy) is 2. The molecular formula is C47H56BrFN6O6. The summed E-state index contributed by atoms with van der Waals surface area (Å²) in [7, 11) is 1.65. The number of hydrogen-bond acceptors (Lipinski definition) is 9. The van der Waals surface area contributed by atoms with E-state index >= 15 is 4.39 Å². The molecule has 4 amide bonds. The summed E-state index contributed by atoms with van der Waals surface area (Å²) in [6.45, 7) is 5.96. The second-order valence-corrected chi connectivity index (χ2v) is 17.5. The van der Waals surface area contributed by atoms with Gasteiger partial charge < -0.3 is 24.6 Å². The van der Waals surface area contributed by atoms with Crippen LogP contribution in [0.15, 0.2) is 53.0 Å². The molecule has 2 saturated heterocycles. The minimum absolute atomic E-state index is 0.0301. The van der Waals surface area contributed by atoms with Gasteiger partial charge in [0.05, 0.1) is 25.3 Å². The zero-order chi connectivity index (χ0) is 43.0. The van der Waals surface area contributed by atoms with Crippen molar-refractivity contribution in [1.29, 1.82) is 0 Å². The molecule has 3 aliphatic rings. The minimum Gasteiger partial charge on any atom is -0.493 e. The van der Waals surface area contributed by atoms with E-state index in [-0.39, 0.29) is 54.6 Å². The monoisotopic (exact) mass is 898 g/mol. The van der Waals surface area contributed by atoms with Gasteiger partial charge in [0.2, 0.25) is 17.7 Å². The number of carbonyl (C=O) groups is 4. The molecule has 0 aliphatic carbocycles. The van der Waals surface area contributed by atoms with Gasteiger partial charge >= 0.3 is 0 Å². The van der Waals surface area contributed by atoms with Crippen molar-refractivity contribution in [3.8, 4) is 11.5 Å². The van der Waals surface area contributed by atoms with E-state index in [0.717, 1.165) is 78.1 Å². The number of fused-ring (bicyclic) bond motifs is 2. The molecule has 7 rings (SSSR count). The Labute approximate surface area is 365 Å². The Balaban J connectivity index is 0.768. The largest absolute Gasteiger partial charge is 0.493 e. The van der Waals surface area contributed by atoms with Crippen LogP contribution in [0.1, 0.15) is 135 Å². The number of methoxy groups -OCH3 is 1. The molecule has 14 heteroatoms. The highest BCUT2D eigenvalue weighted by molar-refractivity contribution is 9.10. The molecule has 0 radical (unpaired) electrons. The number of hydrogen-bond donors (Lipinski definition) is 2. The van der Waals surface area contributed by atoms with Gasteiger partial charge in [-0.1, -0.05) is 72.7 Å². The quantitative estimate of drug-likeness (QED) is 0.0739. The van der Waals surface area contributed by atoms with E-state index in [9.17, 15) is 19.2 Å². The predicted molar refractivity (Wildman–Crippen MR) is 235 cm³/mol. The third-order valence-electron chi connectivity index (χ3n) is 12.3. The highest BCUT2D eigenvalue weighted by Crippen LogP contribution is 2.37. The second-order valence-electron chi connectivity index (χ2n) is 16.6. The van der Waals surface area contributed by atoms with Gasteiger partial charge in [0.1, 0.15) is 23.5 Å². The summed E-state index contributed by atoms with van der Waals surface area (Å²) in [5.41, 5.74) is 3.49. The van der Waals surface area contributed by atoms with E-state index in [4.69, 9.17) is 19.4 Å². The van der Waals surface area contributed by atoms with Crippen molar-refractivity contribution in [2.75, 3.05) is 32.1 Å². The Morgan fingerprint density at radius 3 is 2.41 bits per heavy atom. The van der Waals surface area contributed by atoms with Crippen molar-refractivity contribution < 1.29 is 33.0 Å². The molecule has 0 spiro atoms. The third-order valence-corrected chi connectivity index (χ3v) is 12.8. The molecular weight excluding hydrogens is 843 g/mol. The summed E-state index contributed by atoms with van der Waals surface area (Å²) in [4.78, 5) is 62.8. The van der Waals surface area contributed by atoms with Crippen LogP contribution in [0.4, 0.5) is 10.2 Å². The molecule has 61 heavy (non-hydrogen) atoms.